The zero-order valence-electron chi connectivity index (χ0n) is 13.3. The molecule has 1 aromatic carbocycles. The van der Waals surface area contributed by atoms with Crippen LogP contribution in [0.25, 0.3) is 11.0 Å². The molecule has 0 aliphatic carbocycles. The van der Waals surface area contributed by atoms with Crippen LogP contribution in [0.3, 0.4) is 0 Å². The van der Waals surface area contributed by atoms with E-state index in [1.807, 2.05) is 6.07 Å². The molecule has 1 aliphatic rings. The number of piperidine rings is 1. The second-order valence-electron chi connectivity index (χ2n) is 6.00. The van der Waals surface area contributed by atoms with Gasteiger partial charge in [-0.1, -0.05) is 24.8 Å². The number of fused-ring (bicyclic) bond motifs is 1. The van der Waals surface area contributed by atoms with E-state index in [2.05, 4.69) is 40.8 Å². The summed E-state index contributed by atoms with van der Waals surface area (Å²) < 4.78 is 0. The molecule has 0 radical (unpaired) electrons. The predicted molar refractivity (Wildman–Crippen MR) is 91.2 cm³/mol. The fourth-order valence-electron chi connectivity index (χ4n) is 3.13. The Hall–Kier alpha value is -1.49. The van der Waals surface area contributed by atoms with Gasteiger partial charge < -0.3 is 9.88 Å². The van der Waals surface area contributed by atoms with Crippen molar-refractivity contribution in [1.29, 1.82) is 0 Å². The molecule has 22 heavy (non-hydrogen) atoms. The fourth-order valence-corrected chi connectivity index (χ4v) is 3.91. The molecule has 2 aromatic rings. The van der Waals surface area contributed by atoms with Gasteiger partial charge in [0.1, 0.15) is 0 Å². The second kappa shape index (κ2) is 6.73. The van der Waals surface area contributed by atoms with Crippen LogP contribution in [0.15, 0.2) is 23.4 Å². The number of likely N-dealkylation sites (tertiary alicyclic amines) is 1. The number of hydrogen-bond donors (Lipinski definition) is 1. The number of hydrogen-bond acceptors (Lipinski definition) is 3. The summed E-state index contributed by atoms with van der Waals surface area (Å²) in [5.74, 6) is 0.711. The van der Waals surface area contributed by atoms with Gasteiger partial charge in [-0.15, -0.1) is 0 Å². The van der Waals surface area contributed by atoms with Crippen LogP contribution in [0, 0.1) is 6.92 Å². The van der Waals surface area contributed by atoms with Gasteiger partial charge in [-0.3, -0.25) is 4.79 Å². The van der Waals surface area contributed by atoms with Crippen LogP contribution in [-0.2, 0) is 4.79 Å². The van der Waals surface area contributed by atoms with Crippen molar-refractivity contribution in [2.24, 2.45) is 0 Å². The van der Waals surface area contributed by atoms with E-state index in [-0.39, 0.29) is 5.91 Å². The Morgan fingerprint density at radius 1 is 1.45 bits per heavy atom. The van der Waals surface area contributed by atoms with Crippen molar-refractivity contribution in [3.8, 4) is 0 Å². The lowest BCUT2D eigenvalue weighted by molar-refractivity contribution is -0.132. The van der Waals surface area contributed by atoms with E-state index in [0.29, 0.717) is 11.8 Å². The number of aromatic nitrogens is 2. The van der Waals surface area contributed by atoms with Crippen LogP contribution >= 0.6 is 11.8 Å². The molecule has 0 saturated carbocycles. The van der Waals surface area contributed by atoms with Crippen LogP contribution in [-0.4, -0.2) is 39.1 Å². The Labute approximate surface area is 135 Å². The summed E-state index contributed by atoms with van der Waals surface area (Å²) in [6.07, 6.45) is 4.59. The summed E-state index contributed by atoms with van der Waals surface area (Å²) in [5, 5.41) is 0.832. The highest BCUT2D eigenvalue weighted by Gasteiger charge is 2.25. The number of nitrogens with zero attached hydrogens (tertiary/aromatic N) is 2. The molecule has 5 heteroatoms. The van der Waals surface area contributed by atoms with Gasteiger partial charge in [-0.25, -0.2) is 4.98 Å². The zero-order chi connectivity index (χ0) is 15.5. The molecule has 1 saturated heterocycles. The first-order chi connectivity index (χ1) is 10.7. The number of nitrogens with one attached hydrogen (secondary N) is 1. The Morgan fingerprint density at radius 3 is 3.14 bits per heavy atom. The maximum atomic E-state index is 12.5. The molecule has 1 unspecified atom stereocenters. The van der Waals surface area contributed by atoms with E-state index < -0.39 is 0 Å². The van der Waals surface area contributed by atoms with Crippen LogP contribution in [0.5, 0.6) is 0 Å². The van der Waals surface area contributed by atoms with Gasteiger partial charge in [-0.2, -0.15) is 0 Å². The quantitative estimate of drug-likeness (QED) is 0.874. The highest BCUT2D eigenvalue weighted by Crippen LogP contribution is 2.23. The number of rotatable bonds is 4. The van der Waals surface area contributed by atoms with Crippen LogP contribution < -0.4 is 0 Å². The first kappa shape index (κ1) is 15.4. The largest absolute Gasteiger partial charge is 0.339 e. The lowest BCUT2D eigenvalue weighted by atomic mass is 10.0. The van der Waals surface area contributed by atoms with Crippen molar-refractivity contribution in [1.82, 2.24) is 14.9 Å². The van der Waals surface area contributed by atoms with E-state index in [1.54, 1.807) is 0 Å². The molecule has 2 heterocycles. The molecule has 1 N–H and O–H groups in total. The third-order valence-corrected chi connectivity index (χ3v) is 5.22. The number of amides is 1. The maximum Gasteiger partial charge on any atom is 0.233 e. The van der Waals surface area contributed by atoms with E-state index in [0.717, 1.165) is 42.0 Å². The summed E-state index contributed by atoms with van der Waals surface area (Å²) in [7, 11) is 0. The van der Waals surface area contributed by atoms with Gasteiger partial charge >= 0.3 is 0 Å². The van der Waals surface area contributed by atoms with Crippen molar-refractivity contribution in [2.45, 2.75) is 50.7 Å². The van der Waals surface area contributed by atoms with Gasteiger partial charge in [0, 0.05) is 12.6 Å². The molecular formula is C17H23N3OS. The van der Waals surface area contributed by atoms with Crippen molar-refractivity contribution in [2.75, 3.05) is 12.3 Å². The molecule has 1 aliphatic heterocycles. The van der Waals surface area contributed by atoms with Crippen molar-refractivity contribution < 1.29 is 4.79 Å². The van der Waals surface area contributed by atoms with Gasteiger partial charge in [0.05, 0.1) is 16.8 Å². The van der Waals surface area contributed by atoms with E-state index in [1.165, 1.54) is 23.7 Å². The van der Waals surface area contributed by atoms with E-state index in [4.69, 9.17) is 0 Å². The highest BCUT2D eigenvalue weighted by molar-refractivity contribution is 7.99. The van der Waals surface area contributed by atoms with Crippen molar-refractivity contribution in [3.63, 3.8) is 0 Å². The smallest absolute Gasteiger partial charge is 0.233 e. The topological polar surface area (TPSA) is 49.0 Å². The Morgan fingerprint density at radius 2 is 2.32 bits per heavy atom. The fraction of sp³-hybridized carbons (Fsp3) is 0.529. The minimum atomic E-state index is 0.244. The van der Waals surface area contributed by atoms with Crippen LogP contribution in [0.4, 0.5) is 0 Å². The third-order valence-electron chi connectivity index (χ3n) is 4.37. The van der Waals surface area contributed by atoms with E-state index in [9.17, 15) is 4.79 Å². The molecular weight excluding hydrogens is 294 g/mol. The summed E-state index contributed by atoms with van der Waals surface area (Å²) in [5.41, 5.74) is 3.21. The number of H-pyrrole nitrogens is 1. The minimum Gasteiger partial charge on any atom is -0.339 e. The normalized spacial score (nSPS) is 18.8. The number of carbonyl (C=O) groups excluding carboxylic acids is 1. The Balaban J connectivity index is 1.64. The monoisotopic (exact) mass is 317 g/mol. The van der Waals surface area contributed by atoms with Crippen molar-refractivity contribution >= 4 is 28.7 Å². The third kappa shape index (κ3) is 3.29. The molecule has 1 amide bonds. The number of aryl methyl sites for hydroxylation is 1. The number of thioether (sulfide) groups is 1. The maximum absolute atomic E-state index is 12.5. The molecule has 118 valence electrons. The minimum absolute atomic E-state index is 0.244. The summed E-state index contributed by atoms with van der Waals surface area (Å²) in [4.78, 5) is 22.4. The molecule has 1 atom stereocenters. The highest BCUT2D eigenvalue weighted by atomic mass is 32.2. The molecule has 0 bridgehead atoms. The Kier molecular flexibility index (Phi) is 4.71. The lowest BCUT2D eigenvalue weighted by Crippen LogP contribution is -2.44. The average molecular weight is 317 g/mol. The average Bonchev–Trinajstić information content (AvgIpc) is 2.94. The summed E-state index contributed by atoms with van der Waals surface area (Å²) in [6.45, 7) is 5.15. The number of carbonyl (C=O) groups is 1. The number of imidazole rings is 1. The zero-order valence-corrected chi connectivity index (χ0v) is 14.1. The van der Waals surface area contributed by atoms with Gasteiger partial charge in [0.2, 0.25) is 5.91 Å². The predicted octanol–water partition coefficient (Wildman–Crippen LogP) is 3.75. The standard InChI is InChI=1S/C17H23N3OS/c1-3-13-6-4-5-9-20(13)16(21)11-22-17-18-14-8-7-12(2)10-15(14)19-17/h7-8,10,13H,3-6,9,11H2,1-2H3,(H,18,19). The molecule has 1 aromatic heterocycles. The second-order valence-corrected chi connectivity index (χ2v) is 6.96. The Bertz CT molecular complexity index is 667. The molecule has 1 fully saturated rings. The van der Waals surface area contributed by atoms with Crippen molar-refractivity contribution in [3.05, 3.63) is 23.8 Å². The first-order valence-electron chi connectivity index (χ1n) is 8.06. The summed E-state index contributed by atoms with van der Waals surface area (Å²) >= 11 is 1.51. The number of aromatic amines is 1. The summed E-state index contributed by atoms with van der Waals surface area (Å²) in [6, 6.07) is 6.60. The van der Waals surface area contributed by atoms with Crippen LogP contribution in [0.2, 0.25) is 0 Å². The first-order valence-corrected chi connectivity index (χ1v) is 9.04. The molecule has 3 rings (SSSR count). The van der Waals surface area contributed by atoms with Gasteiger partial charge in [0.15, 0.2) is 5.16 Å². The molecule has 4 nitrogen and oxygen atoms in total. The SMILES string of the molecule is CCC1CCCCN1C(=O)CSc1nc2ccc(C)cc2[nH]1. The van der Waals surface area contributed by atoms with E-state index >= 15 is 0 Å². The van der Waals surface area contributed by atoms with Crippen LogP contribution in [0.1, 0.15) is 38.2 Å². The number of benzene rings is 1. The lowest BCUT2D eigenvalue weighted by Gasteiger charge is -2.35. The van der Waals surface area contributed by atoms with Gasteiger partial charge in [0.25, 0.3) is 0 Å². The van der Waals surface area contributed by atoms with Gasteiger partial charge in [-0.05, 0) is 50.3 Å². The molecule has 0 spiro atoms.